The SMILES string of the molecule is CC[Si](CC)(CC)OC12C[C@@H]3C(=O)N(C)CC(=O)N3[C@H]1Nc1ccccc12. The number of hydrogen-bond donors (Lipinski definition) is 1. The predicted molar refractivity (Wildman–Crippen MR) is 107 cm³/mol. The molecule has 0 saturated carbocycles. The molecule has 2 fully saturated rings. The average Bonchev–Trinajstić information content (AvgIpc) is 3.15. The Bertz CT molecular complexity index is 773. The highest BCUT2D eigenvalue weighted by atomic mass is 28.4. The van der Waals surface area contributed by atoms with E-state index >= 15 is 0 Å². The van der Waals surface area contributed by atoms with Gasteiger partial charge in [0.15, 0.2) is 8.32 Å². The van der Waals surface area contributed by atoms with Crippen LogP contribution in [0.15, 0.2) is 24.3 Å². The van der Waals surface area contributed by atoms with E-state index in [4.69, 9.17) is 4.43 Å². The number of para-hydroxylation sites is 1. The topological polar surface area (TPSA) is 61.9 Å². The van der Waals surface area contributed by atoms with Crippen molar-refractivity contribution in [3.8, 4) is 0 Å². The van der Waals surface area contributed by atoms with Gasteiger partial charge in [-0.05, 0) is 24.2 Å². The van der Waals surface area contributed by atoms with Crippen LogP contribution in [0.3, 0.4) is 0 Å². The van der Waals surface area contributed by atoms with Crippen molar-refractivity contribution in [3.05, 3.63) is 29.8 Å². The Morgan fingerprint density at radius 2 is 1.85 bits per heavy atom. The van der Waals surface area contributed by atoms with Gasteiger partial charge in [-0.25, -0.2) is 0 Å². The number of hydrogen-bond acceptors (Lipinski definition) is 4. The van der Waals surface area contributed by atoms with E-state index in [1.54, 1.807) is 16.8 Å². The van der Waals surface area contributed by atoms with Crippen molar-refractivity contribution >= 4 is 25.8 Å². The van der Waals surface area contributed by atoms with Crippen molar-refractivity contribution in [2.45, 2.75) is 63.1 Å². The van der Waals surface area contributed by atoms with Gasteiger partial charge in [0.2, 0.25) is 11.8 Å². The summed E-state index contributed by atoms with van der Waals surface area (Å²) in [5.74, 6) is 0.0117. The normalized spacial score (nSPS) is 29.5. The number of anilines is 1. The molecule has 3 aliphatic heterocycles. The summed E-state index contributed by atoms with van der Waals surface area (Å²) in [4.78, 5) is 29.1. The first-order valence-corrected chi connectivity index (χ1v) is 12.6. The number of carbonyl (C=O) groups excluding carboxylic acids is 2. The maximum absolute atomic E-state index is 12.9. The number of nitrogens with zero attached hydrogens (tertiary/aromatic N) is 2. The molecule has 2 amide bonds. The van der Waals surface area contributed by atoms with Gasteiger partial charge >= 0.3 is 0 Å². The van der Waals surface area contributed by atoms with E-state index in [2.05, 4.69) is 32.2 Å². The summed E-state index contributed by atoms with van der Waals surface area (Å²) in [6.45, 7) is 6.78. The van der Waals surface area contributed by atoms with Gasteiger partial charge in [0, 0.05) is 24.7 Å². The van der Waals surface area contributed by atoms with E-state index in [1.807, 2.05) is 18.2 Å². The third-order valence-electron chi connectivity index (χ3n) is 6.88. The minimum atomic E-state index is -1.97. The van der Waals surface area contributed by atoms with Gasteiger partial charge in [-0.1, -0.05) is 39.0 Å². The minimum absolute atomic E-state index is 0.00496. The average molecular weight is 388 g/mol. The first-order chi connectivity index (χ1) is 12.9. The molecule has 3 aliphatic rings. The number of benzene rings is 1. The molecular weight excluding hydrogens is 358 g/mol. The predicted octanol–water partition coefficient (Wildman–Crippen LogP) is 2.73. The molecule has 3 heterocycles. The molecule has 6 nitrogen and oxygen atoms in total. The summed E-state index contributed by atoms with van der Waals surface area (Å²) in [5.41, 5.74) is 1.48. The summed E-state index contributed by atoms with van der Waals surface area (Å²) in [6, 6.07) is 10.8. The molecule has 7 heteroatoms. The van der Waals surface area contributed by atoms with Crippen LogP contribution >= 0.6 is 0 Å². The molecule has 2 saturated heterocycles. The van der Waals surface area contributed by atoms with Crippen LogP contribution in [0.2, 0.25) is 18.1 Å². The van der Waals surface area contributed by atoms with E-state index < -0.39 is 20.0 Å². The Morgan fingerprint density at radius 1 is 1.19 bits per heavy atom. The van der Waals surface area contributed by atoms with E-state index in [1.165, 1.54) is 0 Å². The number of likely N-dealkylation sites (N-methyl/N-ethyl adjacent to an activating group) is 1. The number of fused-ring (bicyclic) bond motifs is 5. The quantitative estimate of drug-likeness (QED) is 0.789. The third kappa shape index (κ3) is 2.47. The van der Waals surface area contributed by atoms with Crippen LogP contribution in [0, 0.1) is 0 Å². The lowest BCUT2D eigenvalue weighted by Crippen LogP contribution is -2.60. The van der Waals surface area contributed by atoms with Crippen molar-refractivity contribution in [1.82, 2.24) is 9.80 Å². The lowest BCUT2D eigenvalue weighted by atomic mass is 9.91. The van der Waals surface area contributed by atoms with E-state index in [-0.39, 0.29) is 24.5 Å². The summed E-state index contributed by atoms with van der Waals surface area (Å²) < 4.78 is 7.12. The zero-order chi connectivity index (χ0) is 19.4. The Kier molecular flexibility index (Phi) is 4.34. The standard InChI is InChI=1S/C20H29N3O3Si/c1-5-27(6-2,7-3)26-20-12-16-18(25)22(4)13-17(24)23(16)19(20)21-15-11-9-8-10-14(15)20/h8-11,16,19,21H,5-7,12-13H2,1-4H3/t16-,19-,20?/m1/s1. The Morgan fingerprint density at radius 3 is 2.52 bits per heavy atom. The van der Waals surface area contributed by atoms with Gasteiger partial charge in [0.1, 0.15) is 17.8 Å². The summed E-state index contributed by atoms with van der Waals surface area (Å²) in [5, 5.41) is 3.53. The number of nitrogens with one attached hydrogen (secondary N) is 1. The van der Waals surface area contributed by atoms with Crippen LogP contribution < -0.4 is 5.32 Å². The van der Waals surface area contributed by atoms with Crippen LogP contribution in [-0.2, 0) is 19.6 Å². The van der Waals surface area contributed by atoms with Gasteiger partial charge in [0.05, 0.1) is 6.54 Å². The Balaban J connectivity index is 1.84. The summed E-state index contributed by atoms with van der Waals surface area (Å²) >= 11 is 0. The molecule has 1 aromatic rings. The number of amides is 2. The van der Waals surface area contributed by atoms with Crippen LogP contribution in [0.25, 0.3) is 0 Å². The zero-order valence-electron chi connectivity index (χ0n) is 16.6. The Labute approximate surface area is 162 Å². The van der Waals surface area contributed by atoms with Crippen LogP contribution in [0.4, 0.5) is 5.69 Å². The van der Waals surface area contributed by atoms with Gasteiger partial charge < -0.3 is 19.5 Å². The second-order valence-electron chi connectivity index (χ2n) is 8.04. The molecule has 0 spiro atoms. The maximum Gasteiger partial charge on any atom is 0.245 e. The fourth-order valence-electron chi connectivity index (χ4n) is 5.12. The first-order valence-electron chi connectivity index (χ1n) is 10.0. The highest BCUT2D eigenvalue weighted by molar-refractivity contribution is 6.73. The smallest absolute Gasteiger partial charge is 0.245 e. The monoisotopic (exact) mass is 387 g/mol. The lowest BCUT2D eigenvalue weighted by molar-refractivity contribution is -0.153. The molecule has 0 aliphatic carbocycles. The molecule has 1 aromatic carbocycles. The van der Waals surface area contributed by atoms with Crippen molar-refractivity contribution in [3.63, 3.8) is 0 Å². The highest BCUT2D eigenvalue weighted by Gasteiger charge is 2.64. The number of carbonyl (C=O) groups is 2. The van der Waals surface area contributed by atoms with Gasteiger partial charge in [-0.15, -0.1) is 0 Å². The van der Waals surface area contributed by atoms with Gasteiger partial charge in [-0.3, -0.25) is 9.59 Å². The third-order valence-corrected chi connectivity index (χ3v) is 11.5. The van der Waals surface area contributed by atoms with Crippen molar-refractivity contribution in [2.75, 3.05) is 18.9 Å². The van der Waals surface area contributed by atoms with E-state index in [0.717, 1.165) is 29.4 Å². The fourth-order valence-corrected chi connectivity index (χ4v) is 8.13. The van der Waals surface area contributed by atoms with Crippen LogP contribution in [0.1, 0.15) is 32.8 Å². The second kappa shape index (κ2) is 6.34. The first kappa shape index (κ1) is 18.5. The molecule has 1 N–H and O–H groups in total. The maximum atomic E-state index is 12.9. The Hall–Kier alpha value is -1.86. The fraction of sp³-hybridized carbons (Fsp3) is 0.600. The lowest BCUT2D eigenvalue weighted by Gasteiger charge is -2.41. The number of piperazine rings is 1. The van der Waals surface area contributed by atoms with E-state index in [9.17, 15) is 9.59 Å². The molecule has 3 atom stereocenters. The second-order valence-corrected chi connectivity index (χ2v) is 12.7. The van der Waals surface area contributed by atoms with Crippen molar-refractivity contribution in [2.24, 2.45) is 0 Å². The molecular formula is C20H29N3O3Si. The van der Waals surface area contributed by atoms with E-state index in [0.29, 0.717) is 6.42 Å². The number of rotatable bonds is 5. The zero-order valence-corrected chi connectivity index (χ0v) is 17.6. The molecule has 27 heavy (non-hydrogen) atoms. The molecule has 4 rings (SSSR count). The summed E-state index contributed by atoms with van der Waals surface area (Å²) in [6.07, 6.45) is 0.229. The largest absolute Gasteiger partial charge is 0.403 e. The minimum Gasteiger partial charge on any atom is -0.403 e. The molecule has 0 radical (unpaired) electrons. The molecule has 0 aromatic heterocycles. The van der Waals surface area contributed by atoms with Crippen molar-refractivity contribution < 1.29 is 14.0 Å². The van der Waals surface area contributed by atoms with Gasteiger partial charge in [-0.2, -0.15) is 0 Å². The van der Waals surface area contributed by atoms with Gasteiger partial charge in [0.25, 0.3) is 0 Å². The highest BCUT2D eigenvalue weighted by Crippen LogP contribution is 2.54. The molecule has 146 valence electrons. The van der Waals surface area contributed by atoms with Crippen LogP contribution in [-0.4, -0.2) is 55.7 Å². The van der Waals surface area contributed by atoms with Crippen LogP contribution in [0.5, 0.6) is 0 Å². The molecule has 0 bridgehead atoms. The summed E-state index contributed by atoms with van der Waals surface area (Å²) in [7, 11) is -0.262. The van der Waals surface area contributed by atoms with Crippen molar-refractivity contribution in [1.29, 1.82) is 0 Å². The molecule has 1 unspecified atom stereocenters.